The number of carbonyl (C=O) groups is 1. The Morgan fingerprint density at radius 3 is 2.50 bits per heavy atom. The molecule has 0 unspecified atom stereocenters. The van der Waals surface area contributed by atoms with Crippen LogP contribution in [0.25, 0.3) is 0 Å². The van der Waals surface area contributed by atoms with Crippen molar-refractivity contribution < 1.29 is 4.79 Å². The van der Waals surface area contributed by atoms with Gasteiger partial charge in [-0.1, -0.05) is 13.3 Å². The van der Waals surface area contributed by atoms with Crippen molar-refractivity contribution in [3.05, 3.63) is 21.2 Å². The summed E-state index contributed by atoms with van der Waals surface area (Å²) >= 11 is 3.51. The van der Waals surface area contributed by atoms with Gasteiger partial charge in [0.05, 0.1) is 5.69 Å². The molecule has 3 N–H and O–H groups in total. The Kier molecular flexibility index (Phi) is 4.35. The van der Waals surface area contributed by atoms with Gasteiger partial charge >= 0.3 is 0 Å². The van der Waals surface area contributed by atoms with Crippen molar-refractivity contribution in [2.45, 2.75) is 33.6 Å². The summed E-state index contributed by atoms with van der Waals surface area (Å²) in [6, 6.07) is 0. The fraction of sp³-hybridized carbons (Fsp3) is 0.417. The van der Waals surface area contributed by atoms with E-state index in [1.54, 1.807) is 0 Å². The topological polar surface area (TPSA) is 55.1 Å². The predicted octanol–water partition coefficient (Wildman–Crippen LogP) is 3.17. The third-order valence-corrected chi connectivity index (χ3v) is 3.84. The van der Waals surface area contributed by atoms with E-state index in [0.717, 1.165) is 45.4 Å². The second kappa shape index (κ2) is 5.34. The molecule has 0 aliphatic rings. The van der Waals surface area contributed by atoms with Crippen LogP contribution in [0, 0.1) is 13.8 Å². The smallest absolute Gasteiger partial charge is 0.211 e. The van der Waals surface area contributed by atoms with Gasteiger partial charge in [-0.2, -0.15) is 0 Å². The SMILES string of the molecule is CCCc1c(N)c(C)c(C)c(Br)c1NC=O. The molecule has 0 atom stereocenters. The van der Waals surface area contributed by atoms with E-state index in [2.05, 4.69) is 28.2 Å². The van der Waals surface area contributed by atoms with Gasteiger partial charge in [0, 0.05) is 15.7 Å². The number of amides is 1. The van der Waals surface area contributed by atoms with Gasteiger partial charge < -0.3 is 11.1 Å². The first-order valence-electron chi connectivity index (χ1n) is 5.31. The van der Waals surface area contributed by atoms with E-state index in [0.29, 0.717) is 6.41 Å². The maximum Gasteiger partial charge on any atom is 0.211 e. The molecule has 1 amide bonds. The molecule has 0 aliphatic heterocycles. The zero-order valence-electron chi connectivity index (χ0n) is 9.86. The van der Waals surface area contributed by atoms with Gasteiger partial charge in [-0.25, -0.2) is 0 Å². The second-order valence-corrected chi connectivity index (χ2v) is 4.64. The highest BCUT2D eigenvalue weighted by Gasteiger charge is 2.15. The van der Waals surface area contributed by atoms with Crippen molar-refractivity contribution in [1.29, 1.82) is 0 Å². The Morgan fingerprint density at radius 1 is 1.38 bits per heavy atom. The molecular formula is C12H17BrN2O. The van der Waals surface area contributed by atoms with Crippen LogP contribution in [-0.4, -0.2) is 6.41 Å². The first-order chi connectivity index (χ1) is 7.54. The number of nitrogens with one attached hydrogen (secondary N) is 1. The van der Waals surface area contributed by atoms with Gasteiger partial charge in [-0.15, -0.1) is 0 Å². The van der Waals surface area contributed by atoms with Gasteiger partial charge in [0.1, 0.15) is 0 Å². The third-order valence-electron chi connectivity index (χ3n) is 2.85. The molecule has 0 aromatic heterocycles. The average Bonchev–Trinajstić information content (AvgIpc) is 2.28. The Bertz CT molecular complexity index is 416. The summed E-state index contributed by atoms with van der Waals surface area (Å²) in [5.74, 6) is 0. The lowest BCUT2D eigenvalue weighted by molar-refractivity contribution is -0.105. The molecule has 0 radical (unpaired) electrons. The number of halogens is 1. The summed E-state index contributed by atoms with van der Waals surface area (Å²) in [4.78, 5) is 10.6. The standard InChI is InChI=1S/C12H17BrN2O/c1-4-5-9-11(14)8(3)7(2)10(13)12(9)15-6-16/h6H,4-5,14H2,1-3H3,(H,15,16). The molecule has 1 aromatic rings. The molecular weight excluding hydrogens is 268 g/mol. The van der Waals surface area contributed by atoms with Crippen molar-refractivity contribution in [2.75, 3.05) is 11.1 Å². The van der Waals surface area contributed by atoms with E-state index in [9.17, 15) is 4.79 Å². The third kappa shape index (κ3) is 2.21. The summed E-state index contributed by atoms with van der Waals surface area (Å²) < 4.78 is 0.926. The highest BCUT2D eigenvalue weighted by atomic mass is 79.9. The molecule has 1 aromatic carbocycles. The summed E-state index contributed by atoms with van der Waals surface area (Å²) in [5.41, 5.74) is 10.8. The average molecular weight is 285 g/mol. The van der Waals surface area contributed by atoms with Crippen molar-refractivity contribution in [1.82, 2.24) is 0 Å². The monoisotopic (exact) mass is 284 g/mol. The van der Waals surface area contributed by atoms with E-state index in [1.807, 2.05) is 13.8 Å². The summed E-state index contributed by atoms with van der Waals surface area (Å²) in [5, 5.41) is 2.73. The number of rotatable bonds is 4. The lowest BCUT2D eigenvalue weighted by Gasteiger charge is -2.18. The van der Waals surface area contributed by atoms with Gasteiger partial charge in [-0.3, -0.25) is 4.79 Å². The van der Waals surface area contributed by atoms with E-state index < -0.39 is 0 Å². The van der Waals surface area contributed by atoms with Gasteiger partial charge in [0.15, 0.2) is 0 Å². The fourth-order valence-corrected chi connectivity index (χ4v) is 2.42. The van der Waals surface area contributed by atoms with Crippen LogP contribution >= 0.6 is 15.9 Å². The molecule has 4 heteroatoms. The number of hydrogen-bond acceptors (Lipinski definition) is 2. The Hall–Kier alpha value is -1.03. The van der Waals surface area contributed by atoms with Crippen LogP contribution in [0.1, 0.15) is 30.0 Å². The van der Waals surface area contributed by atoms with Crippen molar-refractivity contribution in [3.63, 3.8) is 0 Å². The molecule has 1 rings (SSSR count). The molecule has 0 aliphatic carbocycles. The molecule has 0 spiro atoms. The van der Waals surface area contributed by atoms with Crippen LogP contribution in [0.3, 0.4) is 0 Å². The Morgan fingerprint density at radius 2 is 2.00 bits per heavy atom. The highest BCUT2D eigenvalue weighted by molar-refractivity contribution is 9.10. The minimum Gasteiger partial charge on any atom is -0.398 e. The van der Waals surface area contributed by atoms with E-state index in [4.69, 9.17) is 5.73 Å². The number of nitrogens with two attached hydrogens (primary N) is 1. The minimum atomic E-state index is 0.688. The summed E-state index contributed by atoms with van der Waals surface area (Å²) in [6.07, 6.45) is 2.54. The molecule has 0 saturated carbocycles. The van der Waals surface area contributed by atoms with Crippen LogP contribution in [0.2, 0.25) is 0 Å². The van der Waals surface area contributed by atoms with Crippen LogP contribution in [0.4, 0.5) is 11.4 Å². The van der Waals surface area contributed by atoms with Crippen LogP contribution in [0.5, 0.6) is 0 Å². The summed E-state index contributed by atoms with van der Waals surface area (Å²) in [6.45, 7) is 6.08. The maximum absolute atomic E-state index is 10.6. The normalized spacial score (nSPS) is 10.2. The minimum absolute atomic E-state index is 0.688. The number of nitrogen functional groups attached to an aromatic ring is 1. The van der Waals surface area contributed by atoms with Crippen LogP contribution < -0.4 is 11.1 Å². The number of carbonyl (C=O) groups excluding carboxylic acids is 1. The number of hydrogen-bond donors (Lipinski definition) is 2. The first-order valence-corrected chi connectivity index (χ1v) is 6.11. The second-order valence-electron chi connectivity index (χ2n) is 3.84. The summed E-state index contributed by atoms with van der Waals surface area (Å²) in [7, 11) is 0. The Balaban J connectivity index is 3.47. The fourth-order valence-electron chi connectivity index (χ4n) is 1.77. The van der Waals surface area contributed by atoms with Crippen LogP contribution in [0.15, 0.2) is 4.47 Å². The quantitative estimate of drug-likeness (QED) is 0.659. The number of benzene rings is 1. The zero-order chi connectivity index (χ0) is 12.3. The zero-order valence-corrected chi connectivity index (χ0v) is 11.4. The van der Waals surface area contributed by atoms with Gasteiger partial charge in [0.25, 0.3) is 0 Å². The first kappa shape index (κ1) is 13.0. The predicted molar refractivity (Wildman–Crippen MR) is 71.7 cm³/mol. The van der Waals surface area contributed by atoms with E-state index in [1.165, 1.54) is 0 Å². The lowest BCUT2D eigenvalue weighted by Crippen LogP contribution is -2.07. The lowest BCUT2D eigenvalue weighted by atomic mass is 9.98. The molecule has 3 nitrogen and oxygen atoms in total. The molecule has 0 fully saturated rings. The van der Waals surface area contributed by atoms with E-state index >= 15 is 0 Å². The Labute approximate surface area is 105 Å². The largest absolute Gasteiger partial charge is 0.398 e. The van der Waals surface area contributed by atoms with Crippen LogP contribution in [-0.2, 0) is 11.2 Å². The highest BCUT2D eigenvalue weighted by Crippen LogP contribution is 2.37. The molecule has 0 heterocycles. The van der Waals surface area contributed by atoms with Gasteiger partial charge in [-0.05, 0) is 47.3 Å². The molecule has 0 saturated heterocycles. The van der Waals surface area contributed by atoms with Crippen molar-refractivity contribution in [2.24, 2.45) is 0 Å². The molecule has 16 heavy (non-hydrogen) atoms. The molecule has 88 valence electrons. The maximum atomic E-state index is 10.6. The van der Waals surface area contributed by atoms with Gasteiger partial charge in [0.2, 0.25) is 6.41 Å². The van der Waals surface area contributed by atoms with Crippen molar-refractivity contribution >= 4 is 33.7 Å². The van der Waals surface area contributed by atoms with Crippen molar-refractivity contribution in [3.8, 4) is 0 Å². The number of anilines is 2. The molecule has 0 bridgehead atoms. The van der Waals surface area contributed by atoms with E-state index in [-0.39, 0.29) is 0 Å².